The van der Waals surface area contributed by atoms with E-state index in [4.69, 9.17) is 13.9 Å². The van der Waals surface area contributed by atoms with Gasteiger partial charge in [-0.25, -0.2) is 4.79 Å². The molecule has 0 aromatic rings. The van der Waals surface area contributed by atoms with Crippen LogP contribution in [-0.4, -0.2) is 71.7 Å². The van der Waals surface area contributed by atoms with Crippen molar-refractivity contribution in [2.45, 2.75) is 83.6 Å². The van der Waals surface area contributed by atoms with Crippen molar-refractivity contribution in [3.05, 3.63) is 9.93 Å². The Morgan fingerprint density at radius 1 is 1.19 bits per heavy atom. The molecule has 3 rings (SSSR count). The van der Waals surface area contributed by atoms with Crippen molar-refractivity contribution in [2.75, 3.05) is 18.3 Å². The molecule has 0 N–H and O–H groups in total. The molecule has 3 heterocycles. The number of rotatable bonds is 10. The first-order valence-corrected chi connectivity index (χ1v) is 16.9. The number of carbonyl (C=O) groups excluding carboxylic acids is 3. The van der Waals surface area contributed by atoms with Crippen LogP contribution in [-0.2, 0) is 39.1 Å². The summed E-state index contributed by atoms with van der Waals surface area (Å²) in [5.74, 6) is 0.0326. The Hall–Kier alpha value is -0.823. The van der Waals surface area contributed by atoms with Gasteiger partial charge in [-0.1, -0.05) is 39.5 Å². The van der Waals surface area contributed by atoms with Crippen LogP contribution in [0.1, 0.15) is 61.8 Å². The number of amides is 1. The summed E-state index contributed by atoms with van der Waals surface area (Å²) in [7, 11) is -1.75. The summed E-state index contributed by atoms with van der Waals surface area (Å²) < 4.78 is 29.3. The van der Waals surface area contributed by atoms with Crippen LogP contribution in [0.2, 0.25) is 5.04 Å². The lowest BCUT2D eigenvalue weighted by Gasteiger charge is -2.45. The molecule has 2 unspecified atom stereocenters. The van der Waals surface area contributed by atoms with E-state index in [1.165, 1.54) is 28.4 Å². The van der Waals surface area contributed by atoms with Crippen molar-refractivity contribution in [1.82, 2.24) is 4.90 Å². The highest BCUT2D eigenvalue weighted by molar-refractivity contribution is 8.23. The van der Waals surface area contributed by atoms with E-state index >= 15 is 0 Å². The SMILES string of the molecule is CC(C)C(C)(C)[SiH2]O[C@H](C)[C@H]1C(=O)N2C(C(=O)OCOC(=O)C(C)(C)C)=C(SC3CCS(=O)C3)S[C@H]12. The molecule has 36 heavy (non-hydrogen) atoms. The van der Waals surface area contributed by atoms with Crippen LogP contribution in [0, 0.1) is 17.3 Å². The third-order valence-corrected chi connectivity index (χ3v) is 13.8. The Balaban J connectivity index is 1.71. The second-order valence-corrected chi connectivity index (χ2v) is 18.4. The van der Waals surface area contributed by atoms with Gasteiger partial charge >= 0.3 is 11.9 Å². The lowest BCUT2D eigenvalue weighted by atomic mass is 9.92. The maximum atomic E-state index is 13.3. The average molecular weight is 578 g/mol. The van der Waals surface area contributed by atoms with Gasteiger partial charge in [0.25, 0.3) is 0 Å². The minimum absolute atomic E-state index is 0.112. The van der Waals surface area contributed by atoms with Crippen molar-refractivity contribution in [1.29, 1.82) is 0 Å². The van der Waals surface area contributed by atoms with Gasteiger partial charge in [-0.2, -0.15) is 0 Å². The summed E-state index contributed by atoms with van der Waals surface area (Å²) >= 11 is 2.98. The summed E-state index contributed by atoms with van der Waals surface area (Å²) in [4.78, 5) is 39.9. The smallest absolute Gasteiger partial charge is 0.359 e. The van der Waals surface area contributed by atoms with E-state index in [2.05, 4.69) is 27.7 Å². The Labute approximate surface area is 227 Å². The van der Waals surface area contributed by atoms with Crippen LogP contribution in [0.25, 0.3) is 0 Å². The molecule has 0 aromatic heterocycles. The molecule has 204 valence electrons. The van der Waals surface area contributed by atoms with Gasteiger partial charge in [0.2, 0.25) is 12.7 Å². The van der Waals surface area contributed by atoms with Crippen molar-refractivity contribution in [3.8, 4) is 0 Å². The molecule has 3 aliphatic heterocycles. The van der Waals surface area contributed by atoms with Gasteiger partial charge in [-0.05, 0) is 45.1 Å². The van der Waals surface area contributed by atoms with Gasteiger partial charge < -0.3 is 13.9 Å². The third kappa shape index (κ3) is 6.59. The van der Waals surface area contributed by atoms with E-state index < -0.39 is 44.7 Å². The van der Waals surface area contributed by atoms with Gasteiger partial charge in [-0.3, -0.25) is 18.7 Å². The number of ether oxygens (including phenoxy) is 2. The molecule has 8 nitrogen and oxygen atoms in total. The predicted octanol–water partition coefficient (Wildman–Crippen LogP) is 3.37. The van der Waals surface area contributed by atoms with Crippen LogP contribution in [0.15, 0.2) is 9.93 Å². The Kier molecular flexibility index (Phi) is 9.50. The van der Waals surface area contributed by atoms with E-state index in [1.54, 1.807) is 20.8 Å². The van der Waals surface area contributed by atoms with Gasteiger partial charge in [0.05, 0.1) is 21.7 Å². The average Bonchev–Trinajstić information content (AvgIpc) is 3.32. The fourth-order valence-corrected chi connectivity index (χ4v) is 10.2. The zero-order valence-electron chi connectivity index (χ0n) is 22.5. The number of hydrogen-bond acceptors (Lipinski definition) is 9. The van der Waals surface area contributed by atoms with Crippen molar-refractivity contribution >= 4 is 61.9 Å². The molecular weight excluding hydrogens is 539 g/mol. The van der Waals surface area contributed by atoms with Gasteiger partial charge in [0, 0.05) is 27.6 Å². The Bertz CT molecular complexity index is 946. The lowest BCUT2D eigenvalue weighted by Crippen LogP contribution is -2.61. The summed E-state index contributed by atoms with van der Waals surface area (Å²) in [5, 5.41) is -0.00630. The highest BCUT2D eigenvalue weighted by Gasteiger charge is 2.58. The molecule has 0 aromatic carbocycles. The predicted molar refractivity (Wildman–Crippen MR) is 147 cm³/mol. The fraction of sp³-hybridized carbons (Fsp3) is 0.792. The van der Waals surface area contributed by atoms with Crippen molar-refractivity contribution in [3.63, 3.8) is 0 Å². The normalized spacial score (nSPS) is 27.6. The summed E-state index contributed by atoms with van der Waals surface area (Å²) in [6, 6.07) is 0. The van der Waals surface area contributed by atoms with Crippen LogP contribution in [0.3, 0.4) is 0 Å². The molecule has 2 saturated heterocycles. The number of β-lactam (4-membered cyclic amide) rings is 1. The minimum Gasteiger partial charge on any atom is -0.427 e. The van der Waals surface area contributed by atoms with E-state index in [-0.39, 0.29) is 39.3 Å². The summed E-state index contributed by atoms with van der Waals surface area (Å²) in [6.45, 7) is 15.4. The largest absolute Gasteiger partial charge is 0.427 e. The molecule has 0 radical (unpaired) electrons. The Morgan fingerprint density at radius 3 is 2.42 bits per heavy atom. The van der Waals surface area contributed by atoms with Crippen LogP contribution >= 0.6 is 23.5 Å². The molecule has 5 atom stereocenters. The van der Waals surface area contributed by atoms with E-state index in [1.807, 2.05) is 6.92 Å². The number of thioether (sulfide) groups is 2. The standard InChI is InChI=1S/C24H39NO7S3Si/c1-13(2)24(7,8)36-32-14(3)16-18(26)25-17(20(27)30-12-31-22(28)23(4,5)6)21(34-19(16)25)33-15-9-10-35(29)11-15/h13-16,19H,9-12,36H2,1-8H3/t14-,15?,16+,19-,35?/m1/s1. The molecule has 1 amide bonds. The molecule has 0 bridgehead atoms. The molecule has 0 aliphatic carbocycles. The summed E-state index contributed by atoms with van der Waals surface area (Å²) in [5.41, 5.74) is -0.517. The van der Waals surface area contributed by atoms with Crippen molar-refractivity contribution in [2.24, 2.45) is 17.3 Å². The molecule has 12 heteroatoms. The number of hydrogen-bond donors (Lipinski definition) is 0. The van der Waals surface area contributed by atoms with Gasteiger partial charge in [0.1, 0.15) is 5.37 Å². The monoisotopic (exact) mass is 577 g/mol. The number of esters is 2. The number of nitrogens with zero attached hydrogens (tertiary/aromatic N) is 1. The first kappa shape index (κ1) is 29.7. The topological polar surface area (TPSA) is 99.2 Å². The maximum Gasteiger partial charge on any atom is 0.359 e. The van der Waals surface area contributed by atoms with Crippen LogP contribution in [0.5, 0.6) is 0 Å². The van der Waals surface area contributed by atoms with Crippen LogP contribution < -0.4 is 0 Å². The molecule has 2 fully saturated rings. The number of fused-ring (bicyclic) bond motifs is 1. The highest BCUT2D eigenvalue weighted by Crippen LogP contribution is 2.55. The highest BCUT2D eigenvalue weighted by atomic mass is 32.2. The van der Waals surface area contributed by atoms with E-state index in [0.29, 0.717) is 21.7 Å². The first-order valence-electron chi connectivity index (χ1n) is 12.3. The van der Waals surface area contributed by atoms with Gasteiger partial charge in [-0.15, -0.1) is 11.8 Å². The second-order valence-electron chi connectivity index (χ2n) is 11.6. The maximum absolute atomic E-state index is 13.3. The van der Waals surface area contributed by atoms with E-state index in [9.17, 15) is 18.6 Å². The zero-order valence-corrected chi connectivity index (χ0v) is 26.3. The lowest BCUT2D eigenvalue weighted by molar-refractivity contribution is -0.174. The second kappa shape index (κ2) is 11.5. The first-order chi connectivity index (χ1) is 16.6. The van der Waals surface area contributed by atoms with Crippen LogP contribution in [0.4, 0.5) is 0 Å². The van der Waals surface area contributed by atoms with E-state index in [0.717, 1.165) is 6.42 Å². The van der Waals surface area contributed by atoms with Crippen molar-refractivity contribution < 1.29 is 32.5 Å². The molecular formula is C24H39NO7S3Si. The molecule has 0 saturated carbocycles. The fourth-order valence-electron chi connectivity index (χ4n) is 3.73. The Morgan fingerprint density at radius 2 is 1.86 bits per heavy atom. The molecule has 0 spiro atoms. The number of carbonyl (C=O) groups is 3. The summed E-state index contributed by atoms with van der Waals surface area (Å²) in [6.07, 6.45) is 0.550. The minimum atomic E-state index is -0.892. The zero-order chi connectivity index (χ0) is 27.0. The van der Waals surface area contributed by atoms with Gasteiger partial charge in [0.15, 0.2) is 15.5 Å². The third-order valence-electron chi connectivity index (χ3n) is 7.03. The quantitative estimate of drug-likeness (QED) is 0.167. The molecule has 3 aliphatic rings.